The van der Waals surface area contributed by atoms with E-state index in [2.05, 4.69) is 39.1 Å². The minimum atomic E-state index is 0.670. The molecule has 1 N–H and O–H groups in total. The Bertz CT molecular complexity index is 728. The van der Waals surface area contributed by atoms with Crippen LogP contribution in [0.15, 0.2) is 47.0 Å². The molecular formula is C14H12N4S. The molecule has 94 valence electrons. The topological polar surface area (TPSA) is 50.2 Å². The minimum absolute atomic E-state index is 0.670. The molecule has 1 aromatic carbocycles. The molecule has 0 atom stereocenters. The third-order valence-electron chi connectivity index (χ3n) is 2.82. The summed E-state index contributed by atoms with van der Waals surface area (Å²) in [5.74, 6) is 0.670. The number of hydrogen-bond donors (Lipinski definition) is 1. The van der Waals surface area contributed by atoms with Gasteiger partial charge in [-0.25, -0.2) is 0 Å². The average Bonchev–Trinajstić information content (AvgIpc) is 2.85. The fourth-order valence-corrected chi connectivity index (χ4v) is 2.57. The first kappa shape index (κ1) is 11.8. The highest BCUT2D eigenvalue weighted by atomic mass is 32.1. The third kappa shape index (κ3) is 2.46. The predicted octanol–water partition coefficient (Wildman–Crippen LogP) is 3.45. The average molecular weight is 268 g/mol. The smallest absolute Gasteiger partial charge is 0.176 e. The molecule has 19 heavy (non-hydrogen) atoms. The summed E-state index contributed by atoms with van der Waals surface area (Å²) in [7, 11) is 0. The molecule has 2 heterocycles. The van der Waals surface area contributed by atoms with Gasteiger partial charge in [0, 0.05) is 15.6 Å². The Morgan fingerprint density at radius 2 is 2.16 bits per heavy atom. The molecule has 3 rings (SSSR count). The van der Waals surface area contributed by atoms with E-state index in [-0.39, 0.29) is 0 Å². The molecule has 0 aliphatic heterocycles. The summed E-state index contributed by atoms with van der Waals surface area (Å²) in [5, 5.41) is 16.4. The molecule has 0 unspecified atom stereocenters. The molecule has 0 aliphatic carbocycles. The van der Waals surface area contributed by atoms with Crippen molar-refractivity contribution in [2.75, 3.05) is 5.43 Å². The molecule has 0 saturated carbocycles. The normalized spacial score (nSPS) is 11.2. The van der Waals surface area contributed by atoms with Gasteiger partial charge in [-0.05, 0) is 23.9 Å². The van der Waals surface area contributed by atoms with E-state index in [1.54, 1.807) is 17.5 Å². The standard InChI is InChI=1S/C14H12N4S/c1-10-6-7-19-13(10)9-16-18-14-12-5-3-2-4-11(12)8-15-17-14/h2-9H,1H3,(H,17,18). The Labute approximate surface area is 114 Å². The monoisotopic (exact) mass is 268 g/mol. The number of aromatic nitrogens is 2. The molecule has 0 fully saturated rings. The highest BCUT2D eigenvalue weighted by Gasteiger charge is 2.01. The summed E-state index contributed by atoms with van der Waals surface area (Å²) in [6.07, 6.45) is 3.55. The van der Waals surface area contributed by atoms with Crippen LogP contribution in [0.3, 0.4) is 0 Å². The second kappa shape index (κ2) is 5.16. The van der Waals surface area contributed by atoms with E-state index < -0.39 is 0 Å². The molecule has 2 aromatic heterocycles. The lowest BCUT2D eigenvalue weighted by atomic mass is 10.2. The van der Waals surface area contributed by atoms with Crippen molar-refractivity contribution in [3.05, 3.63) is 52.3 Å². The van der Waals surface area contributed by atoms with Gasteiger partial charge >= 0.3 is 0 Å². The van der Waals surface area contributed by atoms with E-state index in [9.17, 15) is 0 Å². The number of hydrazone groups is 1. The van der Waals surface area contributed by atoms with Crippen molar-refractivity contribution in [3.63, 3.8) is 0 Å². The third-order valence-corrected chi connectivity index (χ3v) is 3.78. The van der Waals surface area contributed by atoms with Crippen molar-refractivity contribution >= 4 is 34.1 Å². The van der Waals surface area contributed by atoms with Crippen molar-refractivity contribution < 1.29 is 0 Å². The summed E-state index contributed by atoms with van der Waals surface area (Å²) in [6.45, 7) is 2.07. The number of benzene rings is 1. The first-order valence-electron chi connectivity index (χ1n) is 5.88. The Morgan fingerprint density at radius 1 is 1.26 bits per heavy atom. The lowest BCUT2D eigenvalue weighted by molar-refractivity contribution is 1.04. The maximum atomic E-state index is 4.23. The zero-order valence-corrected chi connectivity index (χ0v) is 11.2. The Balaban J connectivity index is 1.86. The number of anilines is 1. The fraction of sp³-hybridized carbons (Fsp3) is 0.0714. The Morgan fingerprint density at radius 3 is 3.00 bits per heavy atom. The summed E-state index contributed by atoms with van der Waals surface area (Å²) in [4.78, 5) is 1.14. The second-order valence-corrected chi connectivity index (χ2v) is 5.07. The zero-order chi connectivity index (χ0) is 13.1. The quantitative estimate of drug-likeness (QED) is 0.584. The van der Waals surface area contributed by atoms with Crippen LogP contribution >= 0.6 is 11.3 Å². The van der Waals surface area contributed by atoms with Crippen LogP contribution in [0.25, 0.3) is 10.8 Å². The molecule has 5 heteroatoms. The minimum Gasteiger partial charge on any atom is -0.259 e. The van der Waals surface area contributed by atoms with Gasteiger partial charge in [0.1, 0.15) is 0 Å². The van der Waals surface area contributed by atoms with Gasteiger partial charge in [0.2, 0.25) is 0 Å². The number of hydrogen-bond acceptors (Lipinski definition) is 5. The molecule has 0 radical (unpaired) electrons. The molecule has 0 spiro atoms. The van der Waals surface area contributed by atoms with Crippen molar-refractivity contribution in [1.29, 1.82) is 0 Å². The van der Waals surface area contributed by atoms with Gasteiger partial charge in [-0.1, -0.05) is 24.3 Å². The second-order valence-electron chi connectivity index (χ2n) is 4.12. The maximum Gasteiger partial charge on any atom is 0.176 e. The van der Waals surface area contributed by atoms with Crippen LogP contribution in [-0.4, -0.2) is 16.4 Å². The summed E-state index contributed by atoms with van der Waals surface area (Å²) < 4.78 is 0. The van der Waals surface area contributed by atoms with Gasteiger partial charge < -0.3 is 0 Å². The Kier molecular flexibility index (Phi) is 3.20. The van der Waals surface area contributed by atoms with Crippen LogP contribution in [0, 0.1) is 6.92 Å². The van der Waals surface area contributed by atoms with Crippen LogP contribution in [0.2, 0.25) is 0 Å². The van der Waals surface area contributed by atoms with Gasteiger partial charge in [-0.15, -0.1) is 16.4 Å². The number of fused-ring (bicyclic) bond motifs is 1. The molecule has 0 amide bonds. The van der Waals surface area contributed by atoms with E-state index in [1.807, 2.05) is 30.5 Å². The highest BCUT2D eigenvalue weighted by Crippen LogP contribution is 2.19. The van der Waals surface area contributed by atoms with Crippen LogP contribution in [0.5, 0.6) is 0 Å². The molecule has 3 aromatic rings. The predicted molar refractivity (Wildman–Crippen MR) is 79.8 cm³/mol. The highest BCUT2D eigenvalue weighted by molar-refractivity contribution is 7.11. The van der Waals surface area contributed by atoms with Crippen molar-refractivity contribution in [1.82, 2.24) is 10.2 Å². The largest absolute Gasteiger partial charge is 0.259 e. The van der Waals surface area contributed by atoms with Gasteiger partial charge in [-0.3, -0.25) is 5.43 Å². The van der Waals surface area contributed by atoms with E-state index in [1.165, 1.54) is 5.56 Å². The number of aryl methyl sites for hydroxylation is 1. The first-order chi connectivity index (χ1) is 9.34. The Hall–Kier alpha value is -2.27. The first-order valence-corrected chi connectivity index (χ1v) is 6.76. The van der Waals surface area contributed by atoms with Gasteiger partial charge in [0.15, 0.2) is 5.82 Å². The van der Waals surface area contributed by atoms with E-state index in [0.717, 1.165) is 15.6 Å². The van der Waals surface area contributed by atoms with Crippen molar-refractivity contribution in [3.8, 4) is 0 Å². The molecule has 4 nitrogen and oxygen atoms in total. The summed E-state index contributed by atoms with van der Waals surface area (Å²) >= 11 is 1.66. The van der Waals surface area contributed by atoms with E-state index in [4.69, 9.17) is 0 Å². The number of thiophene rings is 1. The molecule has 0 aliphatic rings. The number of rotatable bonds is 3. The number of nitrogens with zero attached hydrogens (tertiary/aromatic N) is 3. The van der Waals surface area contributed by atoms with Gasteiger partial charge in [-0.2, -0.15) is 10.2 Å². The summed E-state index contributed by atoms with van der Waals surface area (Å²) in [6, 6.07) is 10.0. The lowest BCUT2D eigenvalue weighted by Crippen LogP contribution is -1.96. The van der Waals surface area contributed by atoms with Crippen molar-refractivity contribution in [2.24, 2.45) is 5.10 Å². The zero-order valence-electron chi connectivity index (χ0n) is 10.4. The van der Waals surface area contributed by atoms with Crippen LogP contribution in [0.4, 0.5) is 5.82 Å². The van der Waals surface area contributed by atoms with Crippen LogP contribution in [0.1, 0.15) is 10.4 Å². The van der Waals surface area contributed by atoms with Crippen molar-refractivity contribution in [2.45, 2.75) is 6.92 Å². The van der Waals surface area contributed by atoms with E-state index >= 15 is 0 Å². The fourth-order valence-electron chi connectivity index (χ4n) is 1.78. The molecular weight excluding hydrogens is 256 g/mol. The van der Waals surface area contributed by atoms with Gasteiger partial charge in [0.05, 0.1) is 12.4 Å². The maximum absolute atomic E-state index is 4.23. The number of nitrogens with one attached hydrogen (secondary N) is 1. The lowest BCUT2D eigenvalue weighted by Gasteiger charge is -2.02. The van der Waals surface area contributed by atoms with Gasteiger partial charge in [0.25, 0.3) is 0 Å². The molecule has 0 saturated heterocycles. The van der Waals surface area contributed by atoms with E-state index in [0.29, 0.717) is 5.82 Å². The summed E-state index contributed by atoms with van der Waals surface area (Å²) in [5.41, 5.74) is 4.18. The van der Waals surface area contributed by atoms with Crippen LogP contribution in [-0.2, 0) is 0 Å². The molecule has 0 bridgehead atoms. The SMILES string of the molecule is Cc1ccsc1C=NNc1nncc2ccccc12. The van der Waals surface area contributed by atoms with Crippen LogP contribution < -0.4 is 5.43 Å².